The summed E-state index contributed by atoms with van der Waals surface area (Å²) in [5.74, 6) is 0.782. The van der Waals surface area contributed by atoms with Gasteiger partial charge in [-0.3, -0.25) is 4.90 Å². The summed E-state index contributed by atoms with van der Waals surface area (Å²) >= 11 is 0. The van der Waals surface area contributed by atoms with E-state index in [1.54, 1.807) is 11.1 Å². The van der Waals surface area contributed by atoms with Gasteiger partial charge in [0.15, 0.2) is 0 Å². The van der Waals surface area contributed by atoms with Gasteiger partial charge in [0, 0.05) is 19.6 Å². The van der Waals surface area contributed by atoms with E-state index in [0.29, 0.717) is 0 Å². The van der Waals surface area contributed by atoms with Crippen molar-refractivity contribution in [1.82, 2.24) is 4.90 Å². The first kappa shape index (κ1) is 9.41. The van der Waals surface area contributed by atoms with Crippen LogP contribution in [0.5, 0.6) is 0 Å². The highest BCUT2D eigenvalue weighted by Gasteiger charge is 2.19. The van der Waals surface area contributed by atoms with Gasteiger partial charge in [0.05, 0.1) is 0 Å². The minimum Gasteiger partial charge on any atom is -0.297 e. The molecule has 1 aliphatic carbocycles. The normalized spacial score (nSPS) is 25.0. The Hall–Kier alpha value is -0.820. The maximum atomic E-state index is 2.48. The molecule has 0 amide bonds. The minimum atomic E-state index is 0.782. The van der Waals surface area contributed by atoms with Crippen LogP contribution < -0.4 is 0 Å². The van der Waals surface area contributed by atoms with Gasteiger partial charge in [0.2, 0.25) is 0 Å². The average molecular weight is 201 g/mol. The van der Waals surface area contributed by atoms with E-state index in [1.807, 2.05) is 0 Å². The molecule has 0 bridgehead atoms. The third-order valence-electron chi connectivity index (χ3n) is 3.77. The third kappa shape index (κ3) is 1.93. The molecule has 0 N–H and O–H groups in total. The Morgan fingerprint density at radius 2 is 2.20 bits per heavy atom. The van der Waals surface area contributed by atoms with Crippen LogP contribution in [0.1, 0.15) is 42.4 Å². The topological polar surface area (TPSA) is 3.01 Å². The summed E-state index contributed by atoms with van der Waals surface area (Å²) in [6.45, 7) is 6.13. The average Bonchev–Trinajstić information content (AvgIpc) is 3.02. The van der Waals surface area contributed by atoms with Crippen molar-refractivity contribution < 1.29 is 0 Å². The molecule has 2 aliphatic rings. The summed E-state index contributed by atoms with van der Waals surface area (Å²) in [5, 5.41) is 0. The Labute approximate surface area is 92.1 Å². The van der Waals surface area contributed by atoms with Crippen LogP contribution in [0.2, 0.25) is 0 Å². The molecule has 0 spiro atoms. The summed E-state index contributed by atoms with van der Waals surface area (Å²) in [6, 6.07) is 7.15. The molecule has 1 aromatic rings. The van der Waals surface area contributed by atoms with Gasteiger partial charge in [0.1, 0.15) is 0 Å². The third-order valence-corrected chi connectivity index (χ3v) is 3.77. The van der Waals surface area contributed by atoms with Gasteiger partial charge < -0.3 is 0 Å². The van der Waals surface area contributed by atoms with E-state index >= 15 is 0 Å². The van der Waals surface area contributed by atoms with Crippen LogP contribution >= 0.6 is 0 Å². The fraction of sp³-hybridized carbons (Fsp3) is 0.571. The lowest BCUT2D eigenvalue weighted by Crippen LogP contribution is -2.08. The molecule has 0 radical (unpaired) electrons. The number of aryl methyl sites for hydroxylation is 1. The van der Waals surface area contributed by atoms with Crippen LogP contribution in [0.4, 0.5) is 0 Å². The van der Waals surface area contributed by atoms with Crippen molar-refractivity contribution in [3.05, 3.63) is 34.9 Å². The van der Waals surface area contributed by atoms with Crippen LogP contribution in [0, 0.1) is 0 Å². The lowest BCUT2D eigenvalue weighted by atomic mass is 9.83. The van der Waals surface area contributed by atoms with Crippen LogP contribution in [-0.2, 0) is 13.0 Å². The monoisotopic (exact) mass is 201 g/mol. The van der Waals surface area contributed by atoms with Gasteiger partial charge in [0.25, 0.3) is 0 Å². The summed E-state index contributed by atoms with van der Waals surface area (Å²) in [5.41, 5.74) is 4.74. The van der Waals surface area contributed by atoms with Gasteiger partial charge in [-0.25, -0.2) is 0 Å². The Kier molecular flexibility index (Phi) is 2.28. The smallest absolute Gasteiger partial charge is 0.0234 e. The molecule has 1 heteroatoms. The SMILES string of the molecule is CC1CCCc2cc(CN3CC3)ccc21. The van der Waals surface area contributed by atoms with Crippen LogP contribution in [0.15, 0.2) is 18.2 Å². The fourth-order valence-electron chi connectivity index (χ4n) is 2.70. The van der Waals surface area contributed by atoms with Crippen molar-refractivity contribution in [1.29, 1.82) is 0 Å². The molecule has 1 heterocycles. The van der Waals surface area contributed by atoms with Crippen molar-refractivity contribution in [2.75, 3.05) is 13.1 Å². The summed E-state index contributed by atoms with van der Waals surface area (Å²) < 4.78 is 0. The van der Waals surface area contributed by atoms with E-state index in [-0.39, 0.29) is 0 Å². The molecule has 3 rings (SSSR count). The Balaban J connectivity index is 1.87. The fourth-order valence-corrected chi connectivity index (χ4v) is 2.70. The van der Waals surface area contributed by atoms with Crippen molar-refractivity contribution in [3.63, 3.8) is 0 Å². The van der Waals surface area contributed by atoms with Gasteiger partial charge in [-0.2, -0.15) is 0 Å². The molecule has 0 saturated carbocycles. The summed E-state index contributed by atoms with van der Waals surface area (Å²) in [4.78, 5) is 2.48. The molecule has 15 heavy (non-hydrogen) atoms. The van der Waals surface area contributed by atoms with E-state index in [9.17, 15) is 0 Å². The highest BCUT2D eigenvalue weighted by atomic mass is 15.2. The predicted molar refractivity (Wildman–Crippen MR) is 63.1 cm³/mol. The Morgan fingerprint density at radius 3 is 3.00 bits per heavy atom. The number of benzene rings is 1. The van der Waals surface area contributed by atoms with Crippen LogP contribution in [-0.4, -0.2) is 18.0 Å². The van der Waals surface area contributed by atoms with E-state index < -0.39 is 0 Å². The van der Waals surface area contributed by atoms with Crippen molar-refractivity contribution >= 4 is 0 Å². The van der Waals surface area contributed by atoms with Gasteiger partial charge in [-0.1, -0.05) is 25.1 Å². The number of hydrogen-bond donors (Lipinski definition) is 0. The molecule has 1 fully saturated rings. The lowest BCUT2D eigenvalue weighted by molar-refractivity contribution is 0.551. The number of hydrogen-bond acceptors (Lipinski definition) is 1. The van der Waals surface area contributed by atoms with E-state index in [0.717, 1.165) is 5.92 Å². The highest BCUT2D eigenvalue weighted by Crippen LogP contribution is 2.31. The van der Waals surface area contributed by atoms with E-state index in [2.05, 4.69) is 30.0 Å². The Bertz CT molecular complexity index is 366. The van der Waals surface area contributed by atoms with Gasteiger partial charge in [-0.15, -0.1) is 0 Å². The summed E-state index contributed by atoms with van der Waals surface area (Å²) in [6.07, 6.45) is 4.05. The number of rotatable bonds is 2. The number of nitrogens with zero attached hydrogens (tertiary/aromatic N) is 1. The molecule has 1 unspecified atom stereocenters. The van der Waals surface area contributed by atoms with Crippen LogP contribution in [0.3, 0.4) is 0 Å². The van der Waals surface area contributed by atoms with Crippen molar-refractivity contribution in [2.45, 2.75) is 38.6 Å². The second-order valence-corrected chi connectivity index (χ2v) is 5.10. The van der Waals surface area contributed by atoms with Crippen molar-refractivity contribution in [2.24, 2.45) is 0 Å². The molecule has 80 valence electrons. The standard InChI is InChI=1S/C14H19N/c1-11-3-2-4-13-9-12(5-6-14(11)13)10-15-7-8-15/h5-6,9,11H,2-4,7-8,10H2,1H3. The van der Waals surface area contributed by atoms with E-state index in [4.69, 9.17) is 0 Å². The molecule has 1 saturated heterocycles. The molecule has 1 nitrogen and oxygen atoms in total. The van der Waals surface area contributed by atoms with E-state index in [1.165, 1.54) is 44.5 Å². The maximum absolute atomic E-state index is 2.48. The molecule has 1 aliphatic heterocycles. The predicted octanol–water partition coefficient (Wildman–Crippen LogP) is 2.94. The van der Waals surface area contributed by atoms with Crippen LogP contribution in [0.25, 0.3) is 0 Å². The largest absolute Gasteiger partial charge is 0.297 e. The molecule has 1 atom stereocenters. The Morgan fingerprint density at radius 1 is 1.33 bits per heavy atom. The zero-order valence-electron chi connectivity index (χ0n) is 9.50. The second-order valence-electron chi connectivity index (χ2n) is 5.10. The zero-order valence-corrected chi connectivity index (χ0v) is 9.50. The van der Waals surface area contributed by atoms with Gasteiger partial charge in [-0.05, 0) is 41.9 Å². The summed E-state index contributed by atoms with van der Waals surface area (Å²) in [7, 11) is 0. The van der Waals surface area contributed by atoms with Gasteiger partial charge >= 0.3 is 0 Å². The molecular formula is C14H19N. The number of fused-ring (bicyclic) bond motifs is 1. The quantitative estimate of drug-likeness (QED) is 0.665. The molecule has 1 aromatic carbocycles. The highest BCUT2D eigenvalue weighted by molar-refractivity contribution is 5.36. The first-order valence-corrected chi connectivity index (χ1v) is 6.17. The molecule has 0 aromatic heterocycles. The van der Waals surface area contributed by atoms with Crippen molar-refractivity contribution in [3.8, 4) is 0 Å². The molecular weight excluding hydrogens is 182 g/mol. The maximum Gasteiger partial charge on any atom is 0.0234 e. The zero-order chi connectivity index (χ0) is 10.3. The minimum absolute atomic E-state index is 0.782. The first-order chi connectivity index (χ1) is 7.33. The first-order valence-electron chi connectivity index (χ1n) is 6.17. The second kappa shape index (κ2) is 3.64. The lowest BCUT2D eigenvalue weighted by Gasteiger charge is -2.22.